The van der Waals surface area contributed by atoms with E-state index in [1.165, 1.54) is 0 Å². The van der Waals surface area contributed by atoms with E-state index in [2.05, 4.69) is 31.4 Å². The van der Waals surface area contributed by atoms with Gasteiger partial charge in [0, 0.05) is 18.3 Å². The van der Waals surface area contributed by atoms with Gasteiger partial charge in [-0.2, -0.15) is 5.26 Å². The molecule has 0 aliphatic heterocycles. The van der Waals surface area contributed by atoms with Crippen molar-refractivity contribution in [3.63, 3.8) is 0 Å². The van der Waals surface area contributed by atoms with Crippen LogP contribution in [0.25, 0.3) is 0 Å². The van der Waals surface area contributed by atoms with Gasteiger partial charge in [-0.15, -0.1) is 0 Å². The number of hydrogen-bond donors (Lipinski definition) is 2. The van der Waals surface area contributed by atoms with Crippen LogP contribution < -0.4 is 10.6 Å². The van der Waals surface area contributed by atoms with E-state index in [0.717, 1.165) is 11.1 Å². The van der Waals surface area contributed by atoms with Gasteiger partial charge in [0.05, 0.1) is 6.07 Å². The second kappa shape index (κ2) is 8.14. The highest BCUT2D eigenvalue weighted by Gasteiger charge is 2.13. The Balaban J connectivity index is 2.55. The summed E-state index contributed by atoms with van der Waals surface area (Å²) >= 11 is 0. The summed E-state index contributed by atoms with van der Waals surface area (Å²) in [5.74, 6) is -0.458. The maximum atomic E-state index is 11.9. The summed E-state index contributed by atoms with van der Waals surface area (Å²) in [5, 5.41) is 13.9. The van der Waals surface area contributed by atoms with Crippen LogP contribution in [0.5, 0.6) is 0 Å². The van der Waals surface area contributed by atoms with Gasteiger partial charge in [0.25, 0.3) is 0 Å². The highest BCUT2D eigenvalue weighted by molar-refractivity contribution is 5.92. The van der Waals surface area contributed by atoms with Crippen molar-refractivity contribution >= 4 is 17.5 Å². The van der Waals surface area contributed by atoms with Crippen LogP contribution in [0.3, 0.4) is 0 Å². The number of rotatable bonds is 5. The van der Waals surface area contributed by atoms with Crippen molar-refractivity contribution in [1.29, 1.82) is 5.26 Å². The van der Waals surface area contributed by atoms with E-state index >= 15 is 0 Å². The third kappa shape index (κ3) is 6.79. The van der Waals surface area contributed by atoms with Gasteiger partial charge in [0.1, 0.15) is 6.42 Å². The monoisotopic (exact) mass is 313 g/mol. The molecule has 0 saturated carbocycles. The standard InChI is InChI=1S/C18H23N3O2/c1-13(18(2,3)4)11-17(23)20-12-14-5-7-15(8-6-14)21-16(22)9-10-19/h5-8,11H,9,12H2,1-4H3,(H,20,23)(H,21,22)/b13-11+. The fourth-order valence-corrected chi connectivity index (χ4v) is 1.64. The molecule has 0 atom stereocenters. The molecular weight excluding hydrogens is 290 g/mol. The quantitative estimate of drug-likeness (QED) is 0.819. The zero-order chi connectivity index (χ0) is 17.5. The molecule has 0 heterocycles. The van der Waals surface area contributed by atoms with E-state index in [1.807, 2.05) is 19.1 Å². The average Bonchev–Trinajstić information content (AvgIpc) is 2.45. The number of amides is 2. The van der Waals surface area contributed by atoms with Gasteiger partial charge < -0.3 is 10.6 Å². The van der Waals surface area contributed by atoms with Gasteiger partial charge in [0.15, 0.2) is 0 Å². The number of nitrogens with one attached hydrogen (secondary N) is 2. The van der Waals surface area contributed by atoms with Crippen LogP contribution in [0.4, 0.5) is 5.69 Å². The number of carbonyl (C=O) groups is 2. The normalized spacial score (nSPS) is 11.5. The van der Waals surface area contributed by atoms with Crippen LogP contribution in [-0.4, -0.2) is 11.8 Å². The number of allylic oxidation sites excluding steroid dienone is 1. The molecule has 0 aliphatic carbocycles. The maximum Gasteiger partial charge on any atom is 0.244 e. The maximum absolute atomic E-state index is 11.9. The summed E-state index contributed by atoms with van der Waals surface area (Å²) in [6.07, 6.45) is 1.45. The minimum atomic E-state index is -0.337. The van der Waals surface area contributed by atoms with Gasteiger partial charge in [-0.3, -0.25) is 9.59 Å². The molecule has 5 nitrogen and oxygen atoms in total. The molecule has 0 aromatic heterocycles. The molecule has 0 unspecified atom stereocenters. The van der Waals surface area contributed by atoms with E-state index in [4.69, 9.17) is 5.26 Å². The summed E-state index contributed by atoms with van der Waals surface area (Å²) in [6.45, 7) is 8.54. The Kier molecular flexibility index (Phi) is 6.52. The number of anilines is 1. The molecule has 5 heteroatoms. The van der Waals surface area contributed by atoms with Crippen molar-refractivity contribution in [2.45, 2.75) is 40.7 Å². The minimum absolute atomic E-state index is 0.0272. The Morgan fingerprint density at radius 2 is 1.83 bits per heavy atom. The zero-order valence-corrected chi connectivity index (χ0v) is 14.1. The van der Waals surface area contributed by atoms with Crippen LogP contribution in [0.15, 0.2) is 35.9 Å². The van der Waals surface area contributed by atoms with Crippen molar-refractivity contribution in [1.82, 2.24) is 5.32 Å². The van der Waals surface area contributed by atoms with Crippen molar-refractivity contribution in [3.05, 3.63) is 41.5 Å². The molecule has 2 amide bonds. The fourth-order valence-electron chi connectivity index (χ4n) is 1.64. The van der Waals surface area contributed by atoms with E-state index in [9.17, 15) is 9.59 Å². The number of carbonyl (C=O) groups excluding carboxylic acids is 2. The van der Waals surface area contributed by atoms with Crippen LogP contribution in [0.2, 0.25) is 0 Å². The first-order valence-corrected chi connectivity index (χ1v) is 7.44. The lowest BCUT2D eigenvalue weighted by Gasteiger charge is -2.19. The lowest BCUT2D eigenvalue weighted by atomic mass is 9.87. The van der Waals surface area contributed by atoms with Gasteiger partial charge >= 0.3 is 0 Å². The Labute approximate surface area is 137 Å². The van der Waals surface area contributed by atoms with Gasteiger partial charge in [-0.1, -0.05) is 38.5 Å². The van der Waals surface area contributed by atoms with Crippen LogP contribution in [-0.2, 0) is 16.1 Å². The van der Waals surface area contributed by atoms with Crippen LogP contribution >= 0.6 is 0 Å². The summed E-state index contributed by atoms with van der Waals surface area (Å²) in [5.41, 5.74) is 2.55. The van der Waals surface area contributed by atoms with Crippen molar-refractivity contribution in [3.8, 4) is 6.07 Å². The Bertz CT molecular complexity index is 632. The molecule has 0 spiro atoms. The largest absolute Gasteiger partial charge is 0.348 e. The molecule has 1 aromatic rings. The molecule has 1 aromatic carbocycles. The molecule has 23 heavy (non-hydrogen) atoms. The number of benzene rings is 1. The van der Waals surface area contributed by atoms with Crippen molar-refractivity contribution < 1.29 is 9.59 Å². The molecular formula is C18H23N3O2. The number of hydrogen-bond acceptors (Lipinski definition) is 3. The topological polar surface area (TPSA) is 82.0 Å². The molecule has 2 N–H and O–H groups in total. The zero-order valence-electron chi connectivity index (χ0n) is 14.1. The SMILES string of the molecule is C/C(=C\C(=O)NCc1ccc(NC(=O)CC#N)cc1)C(C)(C)C. The predicted octanol–water partition coefficient (Wildman–Crippen LogP) is 3.15. The molecule has 0 fully saturated rings. The first kappa shape index (κ1) is 18.4. The van der Waals surface area contributed by atoms with E-state index in [1.54, 1.807) is 24.3 Å². The number of nitrogens with zero attached hydrogens (tertiary/aromatic N) is 1. The summed E-state index contributed by atoms with van der Waals surface area (Å²) < 4.78 is 0. The van der Waals surface area contributed by atoms with E-state index in [-0.39, 0.29) is 23.7 Å². The summed E-state index contributed by atoms with van der Waals surface area (Å²) in [4.78, 5) is 23.2. The van der Waals surface area contributed by atoms with Gasteiger partial charge in [-0.25, -0.2) is 0 Å². The number of nitriles is 1. The predicted molar refractivity (Wildman–Crippen MR) is 90.4 cm³/mol. The summed E-state index contributed by atoms with van der Waals surface area (Å²) in [7, 11) is 0. The van der Waals surface area contributed by atoms with Crippen molar-refractivity contribution in [2.75, 3.05) is 5.32 Å². The molecule has 0 radical (unpaired) electrons. The molecule has 0 bridgehead atoms. The smallest absolute Gasteiger partial charge is 0.244 e. The van der Waals surface area contributed by atoms with E-state index < -0.39 is 0 Å². The third-order valence-corrected chi connectivity index (χ3v) is 3.47. The van der Waals surface area contributed by atoms with Gasteiger partial charge in [-0.05, 0) is 30.0 Å². The highest BCUT2D eigenvalue weighted by Crippen LogP contribution is 2.23. The first-order chi connectivity index (χ1) is 10.7. The first-order valence-electron chi connectivity index (χ1n) is 7.44. The van der Waals surface area contributed by atoms with Crippen molar-refractivity contribution in [2.24, 2.45) is 5.41 Å². The third-order valence-electron chi connectivity index (χ3n) is 3.47. The van der Waals surface area contributed by atoms with Crippen LogP contribution in [0.1, 0.15) is 39.7 Å². The van der Waals surface area contributed by atoms with E-state index in [0.29, 0.717) is 12.2 Å². The second-order valence-electron chi connectivity index (χ2n) is 6.38. The summed E-state index contributed by atoms with van der Waals surface area (Å²) in [6, 6.07) is 8.92. The molecule has 122 valence electrons. The van der Waals surface area contributed by atoms with Gasteiger partial charge in [0.2, 0.25) is 11.8 Å². The lowest BCUT2D eigenvalue weighted by Crippen LogP contribution is -2.22. The fraction of sp³-hybridized carbons (Fsp3) is 0.389. The highest BCUT2D eigenvalue weighted by atomic mass is 16.2. The Morgan fingerprint density at radius 1 is 1.22 bits per heavy atom. The average molecular weight is 313 g/mol. The molecule has 1 rings (SSSR count). The molecule has 0 saturated heterocycles. The Morgan fingerprint density at radius 3 is 2.35 bits per heavy atom. The second-order valence-corrected chi connectivity index (χ2v) is 6.38. The molecule has 0 aliphatic rings. The lowest BCUT2D eigenvalue weighted by molar-refractivity contribution is -0.117. The Hall–Kier alpha value is -2.61. The minimum Gasteiger partial charge on any atom is -0.348 e. The van der Waals surface area contributed by atoms with Crippen LogP contribution in [0, 0.1) is 16.7 Å².